The molecule has 0 unspecified atom stereocenters. The number of ether oxygens (including phenoxy) is 1. The lowest BCUT2D eigenvalue weighted by molar-refractivity contribution is -0.125. The molecule has 0 fully saturated rings. The van der Waals surface area contributed by atoms with Gasteiger partial charge in [0.15, 0.2) is 0 Å². The molecule has 0 aliphatic carbocycles. The summed E-state index contributed by atoms with van der Waals surface area (Å²) in [6.07, 6.45) is 0.433. The predicted molar refractivity (Wildman–Crippen MR) is 117 cm³/mol. The highest BCUT2D eigenvalue weighted by Crippen LogP contribution is 2.16. The molecule has 2 amide bonds. The molecule has 2 aromatic rings. The summed E-state index contributed by atoms with van der Waals surface area (Å²) in [5.41, 5.74) is 1.70. The van der Waals surface area contributed by atoms with Crippen molar-refractivity contribution in [1.82, 2.24) is 5.32 Å². The van der Waals surface area contributed by atoms with Crippen molar-refractivity contribution in [3.8, 4) is 11.8 Å². The van der Waals surface area contributed by atoms with E-state index < -0.39 is 0 Å². The van der Waals surface area contributed by atoms with Crippen molar-refractivity contribution in [2.24, 2.45) is 5.92 Å². The molecule has 158 valence electrons. The highest BCUT2D eigenvalue weighted by Gasteiger charge is 2.16. The second-order valence-corrected chi connectivity index (χ2v) is 7.41. The van der Waals surface area contributed by atoms with E-state index in [1.165, 1.54) is 0 Å². The number of nitriles is 1. The van der Waals surface area contributed by atoms with Crippen molar-refractivity contribution in [3.63, 3.8) is 0 Å². The Balaban J connectivity index is 1.80. The van der Waals surface area contributed by atoms with Crippen molar-refractivity contribution in [3.05, 3.63) is 60.2 Å². The van der Waals surface area contributed by atoms with Gasteiger partial charge in [0.2, 0.25) is 11.8 Å². The number of nitrogens with zero attached hydrogens (tertiary/aromatic N) is 2. The first-order valence-corrected chi connectivity index (χ1v) is 10.2. The number of rotatable bonds is 11. The van der Waals surface area contributed by atoms with Gasteiger partial charge >= 0.3 is 0 Å². The van der Waals surface area contributed by atoms with Crippen LogP contribution in [-0.2, 0) is 16.1 Å². The second-order valence-electron chi connectivity index (χ2n) is 7.41. The van der Waals surface area contributed by atoms with Crippen molar-refractivity contribution in [2.75, 3.05) is 18.1 Å². The maximum Gasteiger partial charge on any atom is 0.227 e. The number of hydrogen-bond acceptors (Lipinski definition) is 4. The first-order valence-electron chi connectivity index (χ1n) is 10.2. The third-order valence-electron chi connectivity index (χ3n) is 4.38. The van der Waals surface area contributed by atoms with Crippen molar-refractivity contribution >= 4 is 17.5 Å². The minimum absolute atomic E-state index is 0.0914. The quantitative estimate of drug-likeness (QED) is 0.609. The molecule has 0 bridgehead atoms. The van der Waals surface area contributed by atoms with E-state index in [4.69, 9.17) is 10.00 Å². The van der Waals surface area contributed by atoms with Crippen LogP contribution in [0.2, 0.25) is 0 Å². The van der Waals surface area contributed by atoms with Crippen LogP contribution < -0.4 is 15.0 Å². The van der Waals surface area contributed by atoms with Crippen molar-refractivity contribution in [1.29, 1.82) is 5.26 Å². The summed E-state index contributed by atoms with van der Waals surface area (Å²) >= 11 is 0. The molecule has 0 aromatic heterocycles. The van der Waals surface area contributed by atoms with Crippen LogP contribution in [0.3, 0.4) is 0 Å². The van der Waals surface area contributed by atoms with Crippen LogP contribution in [0.5, 0.6) is 5.75 Å². The van der Waals surface area contributed by atoms with E-state index in [1.807, 2.05) is 54.6 Å². The highest BCUT2D eigenvalue weighted by molar-refractivity contribution is 5.95. The number of para-hydroxylation sites is 1. The fourth-order valence-electron chi connectivity index (χ4n) is 2.78. The number of hydrogen-bond donors (Lipinski definition) is 1. The first-order chi connectivity index (χ1) is 14.5. The zero-order chi connectivity index (χ0) is 21.8. The molecule has 1 N–H and O–H groups in total. The maximum absolute atomic E-state index is 12.6. The van der Waals surface area contributed by atoms with E-state index in [9.17, 15) is 9.59 Å². The smallest absolute Gasteiger partial charge is 0.227 e. The Morgan fingerprint density at radius 2 is 1.77 bits per heavy atom. The van der Waals surface area contributed by atoms with Crippen LogP contribution in [0, 0.1) is 17.2 Å². The summed E-state index contributed by atoms with van der Waals surface area (Å²) in [6, 6.07) is 18.9. The van der Waals surface area contributed by atoms with Gasteiger partial charge in [-0.2, -0.15) is 5.26 Å². The first kappa shape index (κ1) is 23.0. The number of amides is 2. The normalized spacial score (nSPS) is 10.3. The van der Waals surface area contributed by atoms with Gasteiger partial charge in [-0.1, -0.05) is 44.2 Å². The molecule has 0 saturated heterocycles. The van der Waals surface area contributed by atoms with Crippen LogP contribution in [0.1, 0.15) is 38.7 Å². The Labute approximate surface area is 178 Å². The Bertz CT molecular complexity index is 842. The van der Waals surface area contributed by atoms with E-state index in [0.29, 0.717) is 25.6 Å². The van der Waals surface area contributed by atoms with E-state index in [-0.39, 0.29) is 31.1 Å². The van der Waals surface area contributed by atoms with E-state index in [0.717, 1.165) is 17.0 Å². The fourth-order valence-corrected chi connectivity index (χ4v) is 2.78. The van der Waals surface area contributed by atoms with Gasteiger partial charge in [0, 0.05) is 31.6 Å². The summed E-state index contributed by atoms with van der Waals surface area (Å²) in [6.45, 7) is 5.56. The molecule has 30 heavy (non-hydrogen) atoms. The Hall–Kier alpha value is -3.33. The third-order valence-corrected chi connectivity index (χ3v) is 4.38. The molecule has 2 rings (SSSR count). The van der Waals surface area contributed by atoms with Crippen LogP contribution in [0.4, 0.5) is 5.69 Å². The van der Waals surface area contributed by atoms with Gasteiger partial charge in [0.1, 0.15) is 5.75 Å². The van der Waals surface area contributed by atoms with Gasteiger partial charge in [0.05, 0.1) is 19.1 Å². The predicted octanol–water partition coefficient (Wildman–Crippen LogP) is 4.06. The summed E-state index contributed by atoms with van der Waals surface area (Å²) in [7, 11) is 0. The topological polar surface area (TPSA) is 82.4 Å². The molecular formula is C24H29N3O3. The van der Waals surface area contributed by atoms with Crippen LogP contribution >= 0.6 is 0 Å². The molecule has 0 saturated carbocycles. The maximum atomic E-state index is 12.6. The lowest BCUT2D eigenvalue weighted by atomic mass is 10.2. The van der Waals surface area contributed by atoms with Gasteiger partial charge < -0.3 is 15.0 Å². The minimum atomic E-state index is -0.184. The Morgan fingerprint density at radius 1 is 1.07 bits per heavy atom. The van der Waals surface area contributed by atoms with E-state index in [1.54, 1.807) is 4.90 Å². The summed E-state index contributed by atoms with van der Waals surface area (Å²) in [5, 5.41) is 11.7. The number of anilines is 1. The van der Waals surface area contributed by atoms with Crippen molar-refractivity contribution < 1.29 is 14.3 Å². The lowest BCUT2D eigenvalue weighted by Gasteiger charge is -2.21. The number of benzene rings is 2. The highest BCUT2D eigenvalue weighted by atomic mass is 16.5. The fraction of sp³-hybridized carbons (Fsp3) is 0.375. The summed E-state index contributed by atoms with van der Waals surface area (Å²) < 4.78 is 5.65. The Morgan fingerprint density at radius 3 is 2.40 bits per heavy atom. The molecule has 0 spiro atoms. The number of carbonyl (C=O) groups is 2. The van der Waals surface area contributed by atoms with Gasteiger partial charge in [-0.15, -0.1) is 0 Å². The summed E-state index contributed by atoms with van der Waals surface area (Å²) in [4.78, 5) is 26.3. The van der Waals surface area contributed by atoms with Gasteiger partial charge in [-0.25, -0.2) is 0 Å². The minimum Gasteiger partial charge on any atom is -0.493 e. The molecule has 0 heterocycles. The third kappa shape index (κ3) is 7.96. The average Bonchev–Trinajstić information content (AvgIpc) is 2.76. The van der Waals surface area contributed by atoms with E-state index >= 15 is 0 Å². The van der Waals surface area contributed by atoms with E-state index in [2.05, 4.69) is 25.2 Å². The van der Waals surface area contributed by atoms with Crippen LogP contribution in [0.15, 0.2) is 54.6 Å². The monoisotopic (exact) mass is 407 g/mol. The molecule has 2 aromatic carbocycles. The lowest BCUT2D eigenvalue weighted by Crippen LogP contribution is -2.33. The molecule has 6 nitrogen and oxygen atoms in total. The molecule has 0 aliphatic rings. The standard InChI is InChI=1S/C24H29N3O3/c1-19(2)18-30-22-11-9-20(10-12-22)17-26-23(28)13-14-24(29)27(16-6-15-25)21-7-4-3-5-8-21/h3-5,7-12,19H,6,13-14,16-18H2,1-2H3,(H,26,28). The number of carbonyl (C=O) groups excluding carboxylic acids is 2. The zero-order valence-corrected chi connectivity index (χ0v) is 17.6. The SMILES string of the molecule is CC(C)COc1ccc(CNC(=O)CCC(=O)N(CCC#N)c2ccccc2)cc1. The molecular weight excluding hydrogens is 378 g/mol. The van der Waals surface area contributed by atoms with Crippen molar-refractivity contribution in [2.45, 2.75) is 39.7 Å². The number of nitrogens with one attached hydrogen (secondary N) is 1. The molecule has 0 radical (unpaired) electrons. The molecule has 0 aliphatic heterocycles. The average molecular weight is 408 g/mol. The zero-order valence-electron chi connectivity index (χ0n) is 17.6. The van der Waals surface area contributed by atoms with Crippen LogP contribution in [0.25, 0.3) is 0 Å². The van der Waals surface area contributed by atoms with Gasteiger partial charge in [-0.05, 0) is 35.7 Å². The molecule has 6 heteroatoms. The molecule has 0 atom stereocenters. The Kier molecular flexibility index (Phi) is 9.39. The van der Waals surface area contributed by atoms with Gasteiger partial charge in [0.25, 0.3) is 0 Å². The van der Waals surface area contributed by atoms with Gasteiger partial charge in [-0.3, -0.25) is 9.59 Å². The summed E-state index contributed by atoms with van der Waals surface area (Å²) in [5.74, 6) is 0.919. The van der Waals surface area contributed by atoms with Crippen LogP contribution in [-0.4, -0.2) is 25.0 Å². The second kappa shape index (κ2) is 12.3. The largest absolute Gasteiger partial charge is 0.493 e.